The SMILES string of the molecule is [2H]c1c2c(c([2H])c(OC)c1OC([2H])([2H])[2H])C1([2H])CC([2H])(OC(=O)[C@@]([2H])(N)C([2H])(C([2H])([2H])[2H])C([2H])([2H])[2H])C(CC(C)C)CN1CC2. The van der Waals surface area contributed by atoms with Crippen LogP contribution in [0.4, 0.5) is 0 Å². The molecular weight excluding hydrogens is 380 g/mol. The van der Waals surface area contributed by atoms with E-state index < -0.39 is 86.6 Å². The number of piperidine rings is 1. The topological polar surface area (TPSA) is 74.0 Å². The second kappa shape index (κ2) is 9.56. The van der Waals surface area contributed by atoms with E-state index in [0.717, 1.165) is 7.11 Å². The molecule has 2 N–H and O–H groups in total. The van der Waals surface area contributed by atoms with Gasteiger partial charge in [0.05, 0.1) is 25.1 Å². The predicted molar refractivity (Wildman–Crippen MR) is 118 cm³/mol. The Morgan fingerprint density at radius 2 is 2.17 bits per heavy atom. The van der Waals surface area contributed by atoms with Crippen molar-refractivity contribution in [2.75, 3.05) is 27.2 Å². The minimum absolute atomic E-state index is 0.0749. The first-order chi connectivity index (χ1) is 20.1. The average molecular weight is 434 g/mol. The summed E-state index contributed by atoms with van der Waals surface area (Å²) in [6.07, 6.45) is -2.87. The zero-order valence-electron chi connectivity index (χ0n) is 32.3. The molecule has 1 saturated heterocycles. The highest BCUT2D eigenvalue weighted by atomic mass is 16.5. The van der Waals surface area contributed by atoms with E-state index in [9.17, 15) is 7.54 Å². The zero-order valence-corrected chi connectivity index (χ0v) is 17.3. The molecule has 0 aromatic heterocycles. The van der Waals surface area contributed by atoms with Crippen molar-refractivity contribution in [3.63, 3.8) is 0 Å². The van der Waals surface area contributed by atoms with Crippen LogP contribution in [0, 0.1) is 17.7 Å². The number of benzene rings is 1. The Hall–Kier alpha value is -1.79. The van der Waals surface area contributed by atoms with Gasteiger partial charge in [-0.3, -0.25) is 9.69 Å². The highest BCUT2D eigenvalue weighted by Gasteiger charge is 2.41. The van der Waals surface area contributed by atoms with Crippen LogP contribution in [0.15, 0.2) is 12.1 Å². The summed E-state index contributed by atoms with van der Waals surface area (Å²) in [5.74, 6) is -7.79. The summed E-state index contributed by atoms with van der Waals surface area (Å²) in [4.78, 5) is 15.1. The third-order valence-electron chi connectivity index (χ3n) is 5.33. The first kappa shape index (κ1) is 10.2. The van der Waals surface area contributed by atoms with Crippen LogP contribution in [0.1, 0.15) is 78.1 Å². The molecule has 1 aromatic rings. The maximum absolute atomic E-state index is 13.5. The van der Waals surface area contributed by atoms with Crippen molar-refractivity contribution in [2.24, 2.45) is 23.5 Å². The number of hydrogen-bond acceptors (Lipinski definition) is 6. The third kappa shape index (κ3) is 4.75. The van der Waals surface area contributed by atoms with Crippen molar-refractivity contribution in [3.8, 4) is 11.5 Å². The Kier molecular flexibility index (Phi) is 3.26. The van der Waals surface area contributed by atoms with Gasteiger partial charge in [0.2, 0.25) is 0 Å². The van der Waals surface area contributed by atoms with E-state index >= 15 is 0 Å². The number of nitrogens with zero attached hydrogens (tertiary/aromatic N) is 1. The lowest BCUT2D eigenvalue weighted by molar-refractivity contribution is -0.160. The van der Waals surface area contributed by atoms with Crippen molar-refractivity contribution in [1.29, 1.82) is 0 Å². The quantitative estimate of drug-likeness (QED) is 0.663. The van der Waals surface area contributed by atoms with Crippen LogP contribution in [-0.2, 0) is 16.0 Å². The number of nitrogens with two attached hydrogens (primary N) is 1. The molecule has 2 heterocycles. The van der Waals surface area contributed by atoms with Gasteiger partial charge in [0.25, 0.3) is 0 Å². The van der Waals surface area contributed by atoms with Gasteiger partial charge in [-0.15, -0.1) is 0 Å². The summed E-state index contributed by atoms with van der Waals surface area (Å²) < 4.78 is 137. The first-order valence-corrected chi connectivity index (χ1v) is 9.76. The van der Waals surface area contributed by atoms with Gasteiger partial charge in [-0.05, 0) is 47.9 Å². The molecule has 2 aliphatic rings. The molecule has 1 fully saturated rings. The second-order valence-corrected chi connectivity index (χ2v) is 7.86. The number of rotatable bonds is 7. The van der Waals surface area contributed by atoms with E-state index in [1.54, 1.807) is 4.90 Å². The van der Waals surface area contributed by atoms with Crippen LogP contribution in [0.2, 0.25) is 0 Å². The molecule has 0 bridgehead atoms. The van der Waals surface area contributed by atoms with Crippen molar-refractivity contribution in [1.82, 2.24) is 4.90 Å². The number of ether oxygens (including phenoxy) is 3. The molecule has 4 atom stereocenters. The molecule has 3 rings (SSSR count). The Morgan fingerprint density at radius 3 is 2.83 bits per heavy atom. The van der Waals surface area contributed by atoms with Crippen LogP contribution < -0.4 is 15.2 Å². The zero-order chi connectivity index (χ0) is 34.9. The third-order valence-corrected chi connectivity index (χ3v) is 5.33. The van der Waals surface area contributed by atoms with Crippen LogP contribution in [0.5, 0.6) is 11.5 Å². The smallest absolute Gasteiger partial charge is 0.323 e. The van der Waals surface area contributed by atoms with Gasteiger partial charge in [0.15, 0.2) is 11.5 Å². The van der Waals surface area contributed by atoms with Gasteiger partial charge in [-0.1, -0.05) is 27.6 Å². The van der Waals surface area contributed by atoms with Gasteiger partial charge in [0.1, 0.15) is 12.1 Å². The van der Waals surface area contributed by atoms with Gasteiger partial charge in [-0.2, -0.15) is 0 Å². The molecule has 30 heavy (non-hydrogen) atoms. The summed E-state index contributed by atoms with van der Waals surface area (Å²) in [6.45, 7) is -3.86. The monoisotopic (exact) mass is 433 g/mol. The van der Waals surface area contributed by atoms with Crippen molar-refractivity contribution in [2.45, 2.75) is 64.9 Å². The standard InChI is InChI=1S/C24H38N2O4/c1-14(2)9-17-13-26-8-7-16-10-21(28-5)22(29-6)11-18(16)19(26)12-20(17)30-24(27)23(25)15(3)4/h10-11,14-15,17,19-20,23H,7-9,12-13,25H2,1-6H3/t17?,19?,20?,23-/m0/s1/i3D3,4D3,5D3,10D,11D,15D,19D,20D,23D. The molecule has 6 nitrogen and oxygen atoms in total. The maximum Gasteiger partial charge on any atom is 0.323 e. The van der Waals surface area contributed by atoms with Gasteiger partial charge in [-0.25, -0.2) is 0 Å². The van der Waals surface area contributed by atoms with E-state index in [1.807, 2.05) is 13.8 Å². The Morgan fingerprint density at radius 1 is 1.40 bits per heavy atom. The molecule has 0 spiro atoms. The summed E-state index contributed by atoms with van der Waals surface area (Å²) in [5, 5.41) is 0. The molecular formula is C24H38N2O4. The highest BCUT2D eigenvalue weighted by Crippen LogP contribution is 2.44. The van der Waals surface area contributed by atoms with Crippen LogP contribution >= 0.6 is 0 Å². The largest absolute Gasteiger partial charge is 0.493 e. The Labute approximate surface area is 202 Å². The fraction of sp³-hybridized carbons (Fsp3) is 0.708. The minimum Gasteiger partial charge on any atom is -0.493 e. The number of hydrogen-bond donors (Lipinski definition) is 1. The number of esters is 1. The lowest BCUT2D eigenvalue weighted by Crippen LogP contribution is -2.51. The first-order valence-electron chi connectivity index (χ1n) is 17.3. The maximum atomic E-state index is 13.5. The molecule has 0 radical (unpaired) electrons. The number of fused-ring (bicyclic) bond motifs is 3. The Balaban J connectivity index is 2.20. The molecule has 6 heteroatoms. The van der Waals surface area contributed by atoms with Gasteiger partial charge in [0, 0.05) is 41.0 Å². The second-order valence-electron chi connectivity index (χ2n) is 7.86. The normalized spacial score (nSPS) is 39.8. The number of methoxy groups -OCH3 is 2. The van der Waals surface area contributed by atoms with Crippen molar-refractivity contribution < 1.29 is 39.6 Å². The molecule has 0 aliphatic carbocycles. The van der Waals surface area contributed by atoms with E-state index in [-0.39, 0.29) is 43.0 Å². The fourth-order valence-electron chi connectivity index (χ4n) is 3.94. The number of carbonyl (C=O) groups is 1. The molecule has 1 aromatic carbocycles. The molecule has 0 amide bonds. The summed E-state index contributed by atoms with van der Waals surface area (Å²) in [6, 6.07) is -6.75. The molecule has 0 saturated carbocycles. The average Bonchev–Trinajstić information content (AvgIpc) is 2.84. The summed E-state index contributed by atoms with van der Waals surface area (Å²) >= 11 is 0. The van der Waals surface area contributed by atoms with Gasteiger partial charge < -0.3 is 19.9 Å². The van der Waals surface area contributed by atoms with E-state index in [0.29, 0.717) is 0 Å². The van der Waals surface area contributed by atoms with Crippen LogP contribution in [0.25, 0.3) is 0 Å². The lowest BCUT2D eigenvalue weighted by atomic mass is 9.79. The summed E-state index contributed by atoms with van der Waals surface area (Å²) in [7, 11) is -1.87. The molecule has 3 unspecified atom stereocenters. The van der Waals surface area contributed by atoms with E-state index in [1.165, 1.54) is 0 Å². The highest BCUT2D eigenvalue weighted by molar-refractivity contribution is 5.76. The molecule has 2 aliphatic heterocycles. The van der Waals surface area contributed by atoms with Crippen LogP contribution in [-0.4, -0.2) is 50.2 Å². The Bertz CT molecular complexity index is 1300. The van der Waals surface area contributed by atoms with E-state index in [4.69, 9.17) is 37.8 Å². The lowest BCUT2D eigenvalue weighted by Gasteiger charge is -2.47. The van der Waals surface area contributed by atoms with Crippen molar-refractivity contribution in [3.05, 3.63) is 23.2 Å². The molecule has 168 valence electrons. The summed E-state index contributed by atoms with van der Waals surface area (Å²) in [5.41, 5.74) is 5.68. The fourth-order valence-corrected chi connectivity index (χ4v) is 3.94. The minimum atomic E-state index is -3.87. The van der Waals surface area contributed by atoms with Crippen LogP contribution in [0.3, 0.4) is 0 Å². The van der Waals surface area contributed by atoms with E-state index in [2.05, 4.69) is 0 Å². The predicted octanol–water partition coefficient (Wildman–Crippen LogP) is 3.56. The number of carbonyl (C=O) groups excluding carboxylic acids is 1. The van der Waals surface area contributed by atoms with Gasteiger partial charge >= 0.3 is 5.97 Å². The van der Waals surface area contributed by atoms with Crippen molar-refractivity contribution >= 4 is 5.97 Å².